The second-order valence-corrected chi connectivity index (χ2v) is 6.80. The third-order valence-electron chi connectivity index (χ3n) is 3.14. The van der Waals surface area contributed by atoms with Crippen LogP contribution in [0.3, 0.4) is 0 Å². The van der Waals surface area contributed by atoms with Crippen LogP contribution in [-0.2, 0) is 10.0 Å². The van der Waals surface area contributed by atoms with Crippen molar-refractivity contribution >= 4 is 21.9 Å². The van der Waals surface area contributed by atoms with Crippen molar-refractivity contribution in [3.8, 4) is 0 Å². The maximum absolute atomic E-state index is 12.3. The van der Waals surface area contributed by atoms with E-state index >= 15 is 0 Å². The molecule has 2 rings (SSSR count). The summed E-state index contributed by atoms with van der Waals surface area (Å²) in [4.78, 5) is 10.2. The Labute approximate surface area is 134 Å². The zero-order chi connectivity index (χ0) is 17.0. The number of benzene rings is 2. The monoisotopic (exact) mass is 333 g/mol. The van der Waals surface area contributed by atoms with E-state index in [0.29, 0.717) is 5.56 Å². The van der Waals surface area contributed by atoms with Crippen LogP contribution in [0.1, 0.15) is 11.1 Å². The fourth-order valence-electron chi connectivity index (χ4n) is 1.75. The van der Waals surface area contributed by atoms with Gasteiger partial charge in [0, 0.05) is 19.2 Å². The molecule has 0 radical (unpaired) electrons. The van der Waals surface area contributed by atoms with Crippen LogP contribution in [0.5, 0.6) is 0 Å². The Bertz CT molecular complexity index is 828. The highest BCUT2D eigenvalue weighted by Crippen LogP contribution is 2.15. The number of hydrogen-bond donors (Lipinski definition) is 0. The summed E-state index contributed by atoms with van der Waals surface area (Å²) in [5, 5.41) is 14.5. The number of non-ortho nitro benzene ring substituents is 1. The molecular formula is C15H15N3O4S. The van der Waals surface area contributed by atoms with E-state index in [1.165, 1.54) is 49.7 Å². The molecule has 0 aromatic heterocycles. The topological polar surface area (TPSA) is 92.9 Å². The molecule has 0 heterocycles. The molecular weight excluding hydrogens is 318 g/mol. The van der Waals surface area contributed by atoms with E-state index in [4.69, 9.17) is 0 Å². The molecule has 2 aromatic carbocycles. The Balaban J connectivity index is 2.18. The summed E-state index contributed by atoms with van der Waals surface area (Å²) in [6.07, 6.45) is 1.33. The molecule has 0 bridgehead atoms. The lowest BCUT2D eigenvalue weighted by Gasteiger charge is -2.13. The Morgan fingerprint density at radius 1 is 1.09 bits per heavy atom. The molecule has 120 valence electrons. The molecule has 0 N–H and O–H groups in total. The summed E-state index contributed by atoms with van der Waals surface area (Å²) in [5.41, 5.74) is 1.48. The van der Waals surface area contributed by atoms with E-state index in [1.54, 1.807) is 12.1 Å². The maximum atomic E-state index is 12.3. The van der Waals surface area contributed by atoms with Crippen molar-refractivity contribution in [2.75, 3.05) is 7.05 Å². The number of nitro benzene ring substituents is 1. The lowest BCUT2D eigenvalue weighted by Crippen LogP contribution is -2.21. The molecule has 0 saturated heterocycles. The molecule has 0 amide bonds. The van der Waals surface area contributed by atoms with Gasteiger partial charge in [-0.05, 0) is 36.8 Å². The molecule has 0 saturated carbocycles. The molecule has 0 aliphatic carbocycles. The second kappa shape index (κ2) is 6.57. The van der Waals surface area contributed by atoms with Gasteiger partial charge in [-0.1, -0.05) is 17.7 Å². The van der Waals surface area contributed by atoms with E-state index in [0.717, 1.165) is 9.98 Å². The van der Waals surface area contributed by atoms with Gasteiger partial charge in [0.1, 0.15) is 0 Å². The predicted octanol–water partition coefficient (Wildman–Crippen LogP) is 2.56. The summed E-state index contributed by atoms with van der Waals surface area (Å²) in [5.74, 6) is 0. The molecule has 0 aliphatic heterocycles. The number of hydrazone groups is 1. The third kappa shape index (κ3) is 3.92. The van der Waals surface area contributed by atoms with Crippen molar-refractivity contribution < 1.29 is 13.3 Å². The normalized spacial score (nSPS) is 11.6. The van der Waals surface area contributed by atoms with Crippen molar-refractivity contribution in [1.29, 1.82) is 0 Å². The molecule has 7 nitrogen and oxygen atoms in total. The van der Waals surface area contributed by atoms with Gasteiger partial charge in [-0.2, -0.15) is 17.9 Å². The number of hydrogen-bond acceptors (Lipinski definition) is 5. The van der Waals surface area contributed by atoms with Crippen LogP contribution in [0.15, 0.2) is 58.5 Å². The Morgan fingerprint density at radius 3 is 2.17 bits per heavy atom. The molecule has 23 heavy (non-hydrogen) atoms. The first-order valence-electron chi connectivity index (χ1n) is 6.65. The van der Waals surface area contributed by atoms with E-state index in [1.807, 2.05) is 6.92 Å². The lowest BCUT2D eigenvalue weighted by atomic mass is 10.2. The average Bonchev–Trinajstić information content (AvgIpc) is 2.53. The standard InChI is InChI=1S/C15H15N3O4S/c1-12-3-9-15(10-4-12)23(21,22)17(2)16-11-13-5-7-14(8-6-13)18(19)20/h3-11H,1-2H3/b16-11+. The summed E-state index contributed by atoms with van der Waals surface area (Å²) < 4.78 is 25.5. The molecule has 0 spiro atoms. The fraction of sp³-hybridized carbons (Fsp3) is 0.133. The minimum Gasteiger partial charge on any atom is -0.258 e. The van der Waals surface area contributed by atoms with E-state index in [-0.39, 0.29) is 10.6 Å². The van der Waals surface area contributed by atoms with Crippen LogP contribution in [0, 0.1) is 17.0 Å². The highest BCUT2D eigenvalue weighted by Gasteiger charge is 2.18. The maximum Gasteiger partial charge on any atom is 0.278 e. The van der Waals surface area contributed by atoms with E-state index in [9.17, 15) is 18.5 Å². The molecule has 8 heteroatoms. The average molecular weight is 333 g/mol. The minimum absolute atomic E-state index is 0.0391. The van der Waals surface area contributed by atoms with Crippen LogP contribution in [-0.4, -0.2) is 31.0 Å². The zero-order valence-electron chi connectivity index (χ0n) is 12.6. The van der Waals surface area contributed by atoms with Gasteiger partial charge in [-0.25, -0.2) is 0 Å². The van der Waals surface area contributed by atoms with Gasteiger partial charge in [0.25, 0.3) is 15.7 Å². The van der Waals surface area contributed by atoms with E-state index < -0.39 is 14.9 Å². The Morgan fingerprint density at radius 2 is 1.65 bits per heavy atom. The summed E-state index contributed by atoms with van der Waals surface area (Å²) in [7, 11) is -2.39. The van der Waals surface area contributed by atoms with Gasteiger partial charge in [0.15, 0.2) is 0 Å². The van der Waals surface area contributed by atoms with Crippen LogP contribution < -0.4 is 0 Å². The van der Waals surface area contributed by atoms with Gasteiger partial charge >= 0.3 is 0 Å². The molecule has 0 atom stereocenters. The number of nitrogens with zero attached hydrogens (tertiary/aromatic N) is 3. The fourth-order valence-corrected chi connectivity index (χ4v) is 2.71. The van der Waals surface area contributed by atoms with Crippen molar-refractivity contribution in [2.24, 2.45) is 5.10 Å². The predicted molar refractivity (Wildman–Crippen MR) is 86.8 cm³/mol. The highest BCUT2D eigenvalue weighted by molar-refractivity contribution is 7.89. The number of nitro groups is 1. The molecule has 0 aliphatic rings. The third-order valence-corrected chi connectivity index (χ3v) is 4.80. The Hall–Kier alpha value is -2.74. The summed E-state index contributed by atoms with van der Waals surface area (Å²) in [6.45, 7) is 1.87. The van der Waals surface area contributed by atoms with Gasteiger partial charge < -0.3 is 0 Å². The molecule has 0 fully saturated rings. The van der Waals surface area contributed by atoms with Crippen LogP contribution in [0.2, 0.25) is 0 Å². The first-order valence-corrected chi connectivity index (χ1v) is 8.09. The van der Waals surface area contributed by atoms with Gasteiger partial charge in [-0.15, -0.1) is 0 Å². The van der Waals surface area contributed by atoms with Gasteiger partial charge in [-0.3, -0.25) is 10.1 Å². The van der Waals surface area contributed by atoms with Gasteiger partial charge in [0.05, 0.1) is 16.0 Å². The number of aryl methyl sites for hydroxylation is 1. The second-order valence-electron chi connectivity index (χ2n) is 4.85. The smallest absolute Gasteiger partial charge is 0.258 e. The van der Waals surface area contributed by atoms with Crippen molar-refractivity contribution in [3.63, 3.8) is 0 Å². The van der Waals surface area contributed by atoms with Crippen molar-refractivity contribution in [2.45, 2.75) is 11.8 Å². The largest absolute Gasteiger partial charge is 0.278 e. The molecule has 0 unspecified atom stereocenters. The molecule has 2 aromatic rings. The minimum atomic E-state index is -3.72. The number of rotatable bonds is 5. The van der Waals surface area contributed by atoms with Crippen LogP contribution in [0.25, 0.3) is 0 Å². The number of sulfonamides is 1. The lowest BCUT2D eigenvalue weighted by molar-refractivity contribution is -0.384. The quantitative estimate of drug-likeness (QED) is 0.477. The first-order chi connectivity index (χ1) is 10.8. The van der Waals surface area contributed by atoms with E-state index in [2.05, 4.69) is 5.10 Å². The van der Waals surface area contributed by atoms with Crippen molar-refractivity contribution in [1.82, 2.24) is 4.41 Å². The Kier molecular flexibility index (Phi) is 4.75. The van der Waals surface area contributed by atoms with Crippen LogP contribution in [0.4, 0.5) is 5.69 Å². The van der Waals surface area contributed by atoms with Crippen LogP contribution >= 0.6 is 0 Å². The summed E-state index contributed by atoms with van der Waals surface area (Å²) >= 11 is 0. The van der Waals surface area contributed by atoms with Gasteiger partial charge in [0.2, 0.25) is 0 Å². The first kappa shape index (κ1) is 16.6. The summed E-state index contributed by atoms with van der Waals surface area (Å²) in [6, 6.07) is 12.1. The zero-order valence-corrected chi connectivity index (χ0v) is 13.4. The highest BCUT2D eigenvalue weighted by atomic mass is 32.2. The van der Waals surface area contributed by atoms with Crippen molar-refractivity contribution in [3.05, 3.63) is 69.8 Å². The SMILES string of the molecule is Cc1ccc(S(=O)(=O)N(C)/N=C/c2ccc([N+](=O)[O-])cc2)cc1.